The van der Waals surface area contributed by atoms with E-state index in [0.717, 1.165) is 89.9 Å². The third-order valence-corrected chi connectivity index (χ3v) is 12.9. The Morgan fingerprint density at radius 3 is 1.23 bits per heavy atom. The lowest BCUT2D eigenvalue weighted by molar-refractivity contribution is -0.151. The van der Waals surface area contributed by atoms with Gasteiger partial charge in [-0.3, -0.25) is 9.59 Å². The molecule has 0 aromatic carbocycles. The van der Waals surface area contributed by atoms with E-state index in [4.69, 9.17) is 4.74 Å². The molecule has 0 aromatic heterocycles. The molecule has 6 nitrogen and oxygen atoms in total. The fourth-order valence-electron chi connectivity index (χ4n) is 8.58. The first-order valence-electron chi connectivity index (χ1n) is 28.5. The maximum absolute atomic E-state index is 13.3. The molecule has 0 heterocycles. The van der Waals surface area contributed by atoms with Gasteiger partial charge in [0.25, 0.3) is 0 Å². The second-order valence-corrected chi connectivity index (χ2v) is 19.3. The van der Waals surface area contributed by atoms with Gasteiger partial charge >= 0.3 is 5.97 Å². The van der Waals surface area contributed by atoms with Crippen molar-refractivity contribution < 1.29 is 24.5 Å². The summed E-state index contributed by atoms with van der Waals surface area (Å²) in [6.07, 6.45) is 67.1. The number of carbonyl (C=O) groups is 2. The van der Waals surface area contributed by atoms with Gasteiger partial charge in [0.15, 0.2) is 0 Å². The van der Waals surface area contributed by atoms with Gasteiger partial charge in [-0.05, 0) is 70.6 Å². The molecule has 3 unspecified atom stereocenters. The van der Waals surface area contributed by atoms with E-state index in [2.05, 4.69) is 86.8 Å². The molecule has 6 heteroatoms. The molecule has 0 aliphatic heterocycles. The van der Waals surface area contributed by atoms with E-state index < -0.39 is 18.2 Å². The summed E-state index contributed by atoms with van der Waals surface area (Å²) in [7, 11) is 0. The van der Waals surface area contributed by atoms with Crippen LogP contribution < -0.4 is 5.32 Å². The number of esters is 1. The zero-order chi connectivity index (χ0) is 48.1. The first-order valence-corrected chi connectivity index (χ1v) is 28.5. The Balaban J connectivity index is 4.60. The molecule has 3 atom stereocenters. The Kier molecular flexibility index (Phi) is 51.5. The standard InChI is InChI=1S/C60H109NO5/c1-4-7-10-13-16-19-22-25-28-29-30-31-32-35-38-41-44-47-50-53-60(65)66-56(51-48-45-42-39-36-33-26-23-20-17-14-11-8-5-2)54-59(64)61-57(55-62)58(63)52-49-46-43-40-37-34-27-24-21-18-15-12-9-6-3/h7,10,16,19,25,28,30-31,35,38,56-58,62-63H,4-6,8-9,11-15,17-18,20-24,26-27,29,32-34,36-37,39-55H2,1-3H3,(H,61,64)/b10-7-,19-16-,28-25-,31-30-,38-35-. The zero-order valence-electron chi connectivity index (χ0n) is 43.8. The van der Waals surface area contributed by atoms with Gasteiger partial charge in [-0.2, -0.15) is 0 Å². The molecule has 0 bridgehead atoms. The average molecular weight is 925 g/mol. The van der Waals surface area contributed by atoms with Crippen LogP contribution in [0.4, 0.5) is 0 Å². The van der Waals surface area contributed by atoms with Gasteiger partial charge in [0.05, 0.1) is 25.2 Å². The van der Waals surface area contributed by atoms with Crippen molar-refractivity contribution in [3.8, 4) is 0 Å². The normalized spacial score (nSPS) is 13.6. The van der Waals surface area contributed by atoms with Gasteiger partial charge in [-0.25, -0.2) is 0 Å². The number of hydrogen-bond acceptors (Lipinski definition) is 5. The van der Waals surface area contributed by atoms with E-state index in [1.54, 1.807) is 0 Å². The van der Waals surface area contributed by atoms with Gasteiger partial charge in [0.2, 0.25) is 5.91 Å². The minimum absolute atomic E-state index is 0.0658. The average Bonchev–Trinajstić information content (AvgIpc) is 3.31. The topological polar surface area (TPSA) is 95.9 Å². The summed E-state index contributed by atoms with van der Waals surface area (Å²) in [5.74, 6) is -0.501. The molecule has 66 heavy (non-hydrogen) atoms. The molecule has 0 aromatic rings. The Bertz CT molecular complexity index is 1170. The van der Waals surface area contributed by atoms with Crippen LogP contribution in [0, 0.1) is 0 Å². The number of amides is 1. The van der Waals surface area contributed by atoms with Gasteiger partial charge in [0.1, 0.15) is 6.10 Å². The number of aliphatic hydroxyl groups excluding tert-OH is 2. The van der Waals surface area contributed by atoms with Crippen LogP contribution in [0.25, 0.3) is 0 Å². The fraction of sp³-hybridized carbons (Fsp3) is 0.800. The van der Waals surface area contributed by atoms with Crippen molar-refractivity contribution in [3.05, 3.63) is 60.8 Å². The predicted molar refractivity (Wildman–Crippen MR) is 287 cm³/mol. The van der Waals surface area contributed by atoms with Crippen molar-refractivity contribution in [2.24, 2.45) is 0 Å². The third kappa shape index (κ3) is 48.0. The van der Waals surface area contributed by atoms with Crippen LogP contribution in [0.5, 0.6) is 0 Å². The molecule has 0 aliphatic rings. The molecule has 1 amide bonds. The molecular weight excluding hydrogens is 815 g/mol. The minimum atomic E-state index is -0.794. The number of rotatable bonds is 51. The van der Waals surface area contributed by atoms with E-state index in [9.17, 15) is 19.8 Å². The lowest BCUT2D eigenvalue weighted by Gasteiger charge is -2.24. The first kappa shape index (κ1) is 63.6. The Labute approximate surface area is 409 Å². The SMILES string of the molecule is CC/C=C\C/C=C\C/C=C\C/C=C\C/C=C\CCCCCC(=O)OC(CCCCCCCCCCCCCCCC)CC(=O)NC(CO)C(O)CCCCCCCCCCCCCCCC. The third-order valence-electron chi connectivity index (χ3n) is 12.9. The monoisotopic (exact) mass is 924 g/mol. The maximum Gasteiger partial charge on any atom is 0.306 e. The Morgan fingerprint density at radius 2 is 0.818 bits per heavy atom. The molecule has 0 aliphatic carbocycles. The summed E-state index contributed by atoms with van der Waals surface area (Å²) in [5, 5.41) is 23.9. The molecule has 0 fully saturated rings. The highest BCUT2D eigenvalue weighted by Gasteiger charge is 2.24. The van der Waals surface area contributed by atoms with Gasteiger partial charge in [0, 0.05) is 6.42 Å². The van der Waals surface area contributed by atoms with Crippen molar-refractivity contribution in [3.63, 3.8) is 0 Å². The number of ether oxygens (including phenoxy) is 1. The second kappa shape index (κ2) is 53.5. The zero-order valence-corrected chi connectivity index (χ0v) is 43.8. The molecule has 0 rings (SSSR count). The van der Waals surface area contributed by atoms with Crippen molar-refractivity contribution in [2.75, 3.05) is 6.61 Å². The van der Waals surface area contributed by atoms with Crippen molar-refractivity contribution >= 4 is 11.9 Å². The van der Waals surface area contributed by atoms with E-state index >= 15 is 0 Å². The summed E-state index contributed by atoms with van der Waals surface area (Å²) in [6, 6.07) is -0.708. The van der Waals surface area contributed by atoms with Gasteiger partial charge in [-0.1, -0.05) is 261 Å². The smallest absolute Gasteiger partial charge is 0.306 e. The van der Waals surface area contributed by atoms with Crippen molar-refractivity contribution in [2.45, 2.75) is 302 Å². The maximum atomic E-state index is 13.3. The number of hydrogen-bond donors (Lipinski definition) is 3. The van der Waals surface area contributed by atoms with Crippen LogP contribution in [-0.2, 0) is 14.3 Å². The molecule has 0 spiro atoms. The predicted octanol–water partition coefficient (Wildman–Crippen LogP) is 17.6. The highest BCUT2D eigenvalue weighted by molar-refractivity contribution is 5.77. The van der Waals surface area contributed by atoms with Crippen LogP contribution in [0.15, 0.2) is 60.8 Å². The minimum Gasteiger partial charge on any atom is -0.462 e. The molecule has 0 radical (unpaired) electrons. The number of aliphatic hydroxyl groups is 2. The van der Waals surface area contributed by atoms with Crippen LogP contribution in [0.1, 0.15) is 284 Å². The largest absolute Gasteiger partial charge is 0.462 e. The fourth-order valence-corrected chi connectivity index (χ4v) is 8.58. The highest BCUT2D eigenvalue weighted by atomic mass is 16.5. The number of nitrogens with one attached hydrogen (secondary N) is 1. The number of allylic oxidation sites excluding steroid dienone is 10. The van der Waals surface area contributed by atoms with Crippen LogP contribution in [0.3, 0.4) is 0 Å². The van der Waals surface area contributed by atoms with Crippen molar-refractivity contribution in [1.82, 2.24) is 5.32 Å². The lowest BCUT2D eigenvalue weighted by atomic mass is 10.0. The van der Waals surface area contributed by atoms with E-state index in [-0.39, 0.29) is 24.9 Å². The summed E-state index contributed by atoms with van der Waals surface area (Å²) in [4.78, 5) is 26.3. The number of unbranched alkanes of at least 4 members (excludes halogenated alkanes) is 29. The van der Waals surface area contributed by atoms with E-state index in [1.807, 2.05) is 0 Å². The lowest BCUT2D eigenvalue weighted by Crippen LogP contribution is -2.46. The number of carbonyl (C=O) groups excluding carboxylic acids is 2. The quantitative estimate of drug-likeness (QED) is 0.0321. The summed E-state index contributed by atoms with van der Waals surface area (Å²) in [5.41, 5.74) is 0. The molecular formula is C60H109NO5. The molecule has 0 saturated heterocycles. The van der Waals surface area contributed by atoms with Crippen LogP contribution >= 0.6 is 0 Å². The Morgan fingerprint density at radius 1 is 0.455 bits per heavy atom. The first-order chi connectivity index (χ1) is 32.5. The van der Waals surface area contributed by atoms with Crippen LogP contribution in [-0.4, -0.2) is 46.9 Å². The Hall–Kier alpha value is -2.44. The van der Waals surface area contributed by atoms with Gasteiger partial charge in [-0.15, -0.1) is 0 Å². The summed E-state index contributed by atoms with van der Waals surface area (Å²) >= 11 is 0. The molecule has 0 saturated carbocycles. The van der Waals surface area contributed by atoms with E-state index in [0.29, 0.717) is 19.3 Å². The van der Waals surface area contributed by atoms with Gasteiger partial charge < -0.3 is 20.3 Å². The second-order valence-electron chi connectivity index (χ2n) is 19.3. The molecule has 3 N–H and O–H groups in total. The highest BCUT2D eigenvalue weighted by Crippen LogP contribution is 2.18. The van der Waals surface area contributed by atoms with E-state index in [1.165, 1.54) is 148 Å². The van der Waals surface area contributed by atoms with Crippen LogP contribution in [0.2, 0.25) is 0 Å². The molecule has 384 valence electrons. The summed E-state index contributed by atoms with van der Waals surface area (Å²) in [6.45, 7) is 6.39. The summed E-state index contributed by atoms with van der Waals surface area (Å²) < 4.78 is 5.95. The van der Waals surface area contributed by atoms with Crippen molar-refractivity contribution in [1.29, 1.82) is 0 Å².